The second kappa shape index (κ2) is 10.1. The van der Waals surface area contributed by atoms with Gasteiger partial charge in [0, 0.05) is 18.8 Å². The van der Waals surface area contributed by atoms with Crippen molar-refractivity contribution in [3.8, 4) is 23.0 Å². The monoisotopic (exact) mass is 408 g/mol. The van der Waals surface area contributed by atoms with E-state index in [-0.39, 0.29) is 18.2 Å². The Hall–Kier alpha value is -3.87. The lowest BCUT2D eigenvalue weighted by Crippen LogP contribution is -2.20. The predicted molar refractivity (Wildman–Crippen MR) is 111 cm³/mol. The van der Waals surface area contributed by atoms with Crippen molar-refractivity contribution < 1.29 is 23.4 Å². The van der Waals surface area contributed by atoms with E-state index in [1.165, 1.54) is 24.4 Å². The van der Waals surface area contributed by atoms with E-state index in [0.717, 1.165) is 5.56 Å². The number of ether oxygens (including phenoxy) is 3. The summed E-state index contributed by atoms with van der Waals surface area (Å²) in [5, 5.41) is 2.72. The van der Waals surface area contributed by atoms with Crippen LogP contribution in [0.3, 0.4) is 0 Å². The standard InChI is InChI=1S/C23H21FN2O4/c1-28-21-9-5-16(13-22(21)29-2)7-10-23(27)26-14-17-6-8-20(19(24)12-17)30-18-4-3-11-25-15-18/h3-13,15H,14H2,1-2H3,(H,26,27). The topological polar surface area (TPSA) is 69.7 Å². The van der Waals surface area contributed by atoms with Gasteiger partial charge >= 0.3 is 0 Å². The number of hydrogen-bond acceptors (Lipinski definition) is 5. The van der Waals surface area contributed by atoms with Gasteiger partial charge in [0.2, 0.25) is 5.91 Å². The molecule has 154 valence electrons. The highest BCUT2D eigenvalue weighted by molar-refractivity contribution is 5.91. The number of methoxy groups -OCH3 is 2. The van der Waals surface area contributed by atoms with E-state index in [2.05, 4.69) is 10.3 Å². The first kappa shape index (κ1) is 20.9. The lowest BCUT2D eigenvalue weighted by molar-refractivity contribution is -0.116. The normalized spacial score (nSPS) is 10.6. The molecule has 0 atom stereocenters. The molecule has 0 spiro atoms. The molecule has 0 saturated heterocycles. The van der Waals surface area contributed by atoms with Crippen molar-refractivity contribution >= 4 is 12.0 Å². The molecule has 0 bridgehead atoms. The number of benzene rings is 2. The molecule has 0 aliphatic heterocycles. The quantitative estimate of drug-likeness (QED) is 0.561. The zero-order valence-electron chi connectivity index (χ0n) is 16.6. The van der Waals surface area contributed by atoms with Crippen molar-refractivity contribution in [3.63, 3.8) is 0 Å². The molecule has 0 aliphatic carbocycles. The zero-order valence-corrected chi connectivity index (χ0v) is 16.6. The lowest BCUT2D eigenvalue weighted by Gasteiger charge is -2.09. The number of nitrogens with one attached hydrogen (secondary N) is 1. The van der Waals surface area contributed by atoms with E-state index in [0.29, 0.717) is 22.8 Å². The van der Waals surface area contributed by atoms with Gasteiger partial charge in [-0.3, -0.25) is 9.78 Å². The Morgan fingerprint density at radius 1 is 1.07 bits per heavy atom. The molecule has 0 radical (unpaired) electrons. The Kier molecular flexibility index (Phi) is 7.00. The third kappa shape index (κ3) is 5.57. The summed E-state index contributed by atoms with van der Waals surface area (Å²) in [6, 6.07) is 13.2. The van der Waals surface area contributed by atoms with Gasteiger partial charge in [0.25, 0.3) is 0 Å². The van der Waals surface area contributed by atoms with Gasteiger partial charge in [-0.2, -0.15) is 0 Å². The van der Waals surface area contributed by atoms with Gasteiger partial charge in [-0.05, 0) is 53.6 Å². The fraction of sp³-hybridized carbons (Fsp3) is 0.130. The third-order valence-corrected chi connectivity index (χ3v) is 4.16. The smallest absolute Gasteiger partial charge is 0.244 e. The summed E-state index contributed by atoms with van der Waals surface area (Å²) in [7, 11) is 3.10. The van der Waals surface area contributed by atoms with Crippen LogP contribution in [0.1, 0.15) is 11.1 Å². The first-order chi connectivity index (χ1) is 14.6. The molecule has 1 heterocycles. The van der Waals surface area contributed by atoms with Crippen LogP contribution >= 0.6 is 0 Å². The Bertz CT molecular complexity index is 1040. The van der Waals surface area contributed by atoms with Crippen molar-refractivity contribution in [1.82, 2.24) is 10.3 Å². The molecule has 3 rings (SSSR count). The molecule has 1 aromatic heterocycles. The second-order valence-electron chi connectivity index (χ2n) is 6.22. The maximum absolute atomic E-state index is 14.3. The number of carbonyl (C=O) groups is 1. The Morgan fingerprint density at radius 2 is 1.87 bits per heavy atom. The van der Waals surface area contributed by atoms with E-state index in [1.807, 2.05) is 6.07 Å². The molecule has 30 heavy (non-hydrogen) atoms. The summed E-state index contributed by atoms with van der Waals surface area (Å²) >= 11 is 0. The van der Waals surface area contributed by atoms with Crippen LogP contribution in [0.5, 0.6) is 23.0 Å². The van der Waals surface area contributed by atoms with Crippen LogP contribution in [-0.2, 0) is 11.3 Å². The van der Waals surface area contributed by atoms with E-state index < -0.39 is 5.82 Å². The molecule has 3 aromatic rings. The maximum Gasteiger partial charge on any atom is 0.244 e. The number of aromatic nitrogens is 1. The molecule has 0 unspecified atom stereocenters. The van der Waals surface area contributed by atoms with Crippen molar-refractivity contribution in [2.24, 2.45) is 0 Å². The van der Waals surface area contributed by atoms with Gasteiger partial charge < -0.3 is 19.5 Å². The minimum Gasteiger partial charge on any atom is -0.493 e. The Morgan fingerprint density at radius 3 is 2.57 bits per heavy atom. The highest BCUT2D eigenvalue weighted by Gasteiger charge is 2.07. The van der Waals surface area contributed by atoms with Gasteiger partial charge in [0.15, 0.2) is 23.1 Å². The molecule has 0 aliphatic rings. The number of hydrogen-bond donors (Lipinski definition) is 1. The van der Waals surface area contributed by atoms with Crippen LogP contribution in [0, 0.1) is 5.82 Å². The Labute approximate surface area is 173 Å². The second-order valence-corrected chi connectivity index (χ2v) is 6.22. The van der Waals surface area contributed by atoms with E-state index >= 15 is 0 Å². The third-order valence-electron chi connectivity index (χ3n) is 4.16. The minimum atomic E-state index is -0.522. The van der Waals surface area contributed by atoms with Crippen LogP contribution < -0.4 is 19.5 Å². The number of rotatable bonds is 8. The zero-order chi connectivity index (χ0) is 21.3. The van der Waals surface area contributed by atoms with Crippen LogP contribution in [0.4, 0.5) is 4.39 Å². The fourth-order valence-electron chi connectivity index (χ4n) is 2.65. The Balaban J connectivity index is 1.57. The summed E-state index contributed by atoms with van der Waals surface area (Å²) in [6.45, 7) is 0.180. The predicted octanol–water partition coefficient (Wildman–Crippen LogP) is 4.36. The molecule has 0 saturated carbocycles. The van der Waals surface area contributed by atoms with Crippen molar-refractivity contribution in [1.29, 1.82) is 0 Å². The van der Waals surface area contributed by atoms with Crippen molar-refractivity contribution in [2.75, 3.05) is 14.2 Å². The van der Waals surface area contributed by atoms with Crippen molar-refractivity contribution in [2.45, 2.75) is 6.54 Å². The first-order valence-corrected chi connectivity index (χ1v) is 9.13. The van der Waals surface area contributed by atoms with E-state index in [9.17, 15) is 9.18 Å². The minimum absolute atomic E-state index is 0.0893. The van der Waals surface area contributed by atoms with E-state index in [1.54, 1.807) is 56.8 Å². The number of halogens is 1. The van der Waals surface area contributed by atoms with E-state index in [4.69, 9.17) is 14.2 Å². The van der Waals surface area contributed by atoms with Crippen LogP contribution in [0.2, 0.25) is 0 Å². The molecule has 7 heteroatoms. The number of nitrogens with zero attached hydrogens (tertiary/aromatic N) is 1. The molecule has 2 aromatic carbocycles. The van der Waals surface area contributed by atoms with Gasteiger partial charge in [0.1, 0.15) is 5.75 Å². The van der Waals surface area contributed by atoms with Gasteiger partial charge in [-0.1, -0.05) is 12.1 Å². The highest BCUT2D eigenvalue weighted by Crippen LogP contribution is 2.28. The number of amides is 1. The number of carbonyl (C=O) groups excluding carboxylic acids is 1. The summed E-state index contributed by atoms with van der Waals surface area (Å²) in [5.41, 5.74) is 1.39. The van der Waals surface area contributed by atoms with Gasteiger partial charge in [0.05, 0.1) is 20.4 Å². The van der Waals surface area contributed by atoms with Gasteiger partial charge in [-0.15, -0.1) is 0 Å². The molecule has 1 amide bonds. The maximum atomic E-state index is 14.3. The molecule has 6 nitrogen and oxygen atoms in total. The van der Waals surface area contributed by atoms with Crippen LogP contribution in [0.15, 0.2) is 67.0 Å². The molecule has 1 N–H and O–H groups in total. The summed E-state index contributed by atoms with van der Waals surface area (Å²) in [4.78, 5) is 16.0. The molecular weight excluding hydrogens is 387 g/mol. The van der Waals surface area contributed by atoms with Gasteiger partial charge in [-0.25, -0.2) is 4.39 Å². The average Bonchev–Trinajstić information content (AvgIpc) is 2.78. The largest absolute Gasteiger partial charge is 0.493 e. The molecule has 0 fully saturated rings. The van der Waals surface area contributed by atoms with Crippen LogP contribution in [0.25, 0.3) is 6.08 Å². The SMILES string of the molecule is COc1ccc(C=CC(=O)NCc2ccc(Oc3cccnc3)c(F)c2)cc1OC. The lowest BCUT2D eigenvalue weighted by atomic mass is 10.2. The van der Waals surface area contributed by atoms with Crippen LogP contribution in [-0.4, -0.2) is 25.1 Å². The van der Waals surface area contributed by atoms with Crippen molar-refractivity contribution in [3.05, 3.63) is 83.9 Å². The summed E-state index contributed by atoms with van der Waals surface area (Å²) < 4.78 is 30.1. The fourth-order valence-corrected chi connectivity index (χ4v) is 2.65. The summed E-state index contributed by atoms with van der Waals surface area (Å²) in [6.07, 6.45) is 6.16. The number of pyridine rings is 1. The average molecular weight is 408 g/mol. The molecular formula is C23H21FN2O4. The summed E-state index contributed by atoms with van der Waals surface area (Å²) in [5.74, 6) is 0.887. The highest BCUT2D eigenvalue weighted by atomic mass is 19.1. The first-order valence-electron chi connectivity index (χ1n) is 9.13.